The van der Waals surface area contributed by atoms with Crippen LogP contribution in [-0.4, -0.2) is 33.9 Å². The smallest absolute Gasteiger partial charge is 0.261 e. The molecule has 2 aromatic carbocycles. The highest BCUT2D eigenvalue weighted by Gasteiger charge is 2.19. The molecule has 35 heavy (non-hydrogen) atoms. The van der Waals surface area contributed by atoms with Gasteiger partial charge in [0.05, 0.1) is 10.3 Å². The molecule has 0 aliphatic carbocycles. The third kappa shape index (κ3) is 5.52. The van der Waals surface area contributed by atoms with Crippen LogP contribution in [0.2, 0.25) is 0 Å². The number of H-pyrrole nitrogens is 1. The molecule has 6 nitrogen and oxygen atoms in total. The Morgan fingerprint density at radius 3 is 2.46 bits per heavy atom. The summed E-state index contributed by atoms with van der Waals surface area (Å²) in [6, 6.07) is 18.4. The van der Waals surface area contributed by atoms with E-state index in [1.807, 2.05) is 37.3 Å². The Hall–Kier alpha value is -3.29. The first kappa shape index (κ1) is 23.5. The fourth-order valence-electron chi connectivity index (χ4n) is 4.68. The maximum atomic E-state index is 13.0. The molecule has 1 aliphatic rings. The number of nitrogens with one attached hydrogen (secondary N) is 2. The molecule has 3 heterocycles. The summed E-state index contributed by atoms with van der Waals surface area (Å²) < 4.78 is 0. The van der Waals surface area contributed by atoms with Gasteiger partial charge >= 0.3 is 0 Å². The van der Waals surface area contributed by atoms with Gasteiger partial charge in [0.15, 0.2) is 0 Å². The van der Waals surface area contributed by atoms with Crippen LogP contribution in [0.15, 0.2) is 59.4 Å². The van der Waals surface area contributed by atoms with E-state index >= 15 is 0 Å². The molecule has 2 aromatic heterocycles. The Kier molecular flexibility index (Phi) is 7.06. The van der Waals surface area contributed by atoms with Crippen LogP contribution in [0.3, 0.4) is 0 Å². The number of rotatable bonds is 7. The van der Waals surface area contributed by atoms with E-state index in [2.05, 4.69) is 44.5 Å². The Bertz CT molecular complexity index is 1370. The van der Waals surface area contributed by atoms with Crippen LogP contribution < -0.4 is 10.9 Å². The van der Waals surface area contributed by atoms with Gasteiger partial charge < -0.3 is 10.3 Å². The van der Waals surface area contributed by atoms with Gasteiger partial charge in [-0.2, -0.15) is 0 Å². The van der Waals surface area contributed by atoms with Crippen molar-refractivity contribution in [2.75, 3.05) is 13.1 Å². The number of carbonyl (C=O) groups excluding carboxylic acids is 1. The minimum atomic E-state index is -0.196. The van der Waals surface area contributed by atoms with Crippen LogP contribution in [0.4, 0.5) is 0 Å². The average Bonchev–Trinajstić information content (AvgIpc) is 3.21. The first-order valence-electron chi connectivity index (χ1n) is 12.2. The van der Waals surface area contributed by atoms with Crippen LogP contribution in [0.5, 0.6) is 0 Å². The van der Waals surface area contributed by atoms with E-state index in [4.69, 9.17) is 0 Å². The van der Waals surface area contributed by atoms with Crippen molar-refractivity contribution in [3.05, 3.63) is 97.9 Å². The average molecular weight is 487 g/mol. The van der Waals surface area contributed by atoms with Gasteiger partial charge in [-0.1, -0.05) is 61.0 Å². The van der Waals surface area contributed by atoms with E-state index in [1.165, 1.54) is 49.3 Å². The molecule has 0 unspecified atom stereocenters. The highest BCUT2D eigenvalue weighted by atomic mass is 32.1. The lowest BCUT2D eigenvalue weighted by Gasteiger charge is -2.26. The number of thiophene rings is 1. The second-order valence-electron chi connectivity index (χ2n) is 9.25. The van der Waals surface area contributed by atoms with Crippen LogP contribution in [0.1, 0.15) is 57.0 Å². The quantitative estimate of drug-likeness (QED) is 0.393. The Labute approximate surface area is 209 Å². The zero-order valence-corrected chi connectivity index (χ0v) is 20.8. The number of likely N-dealkylation sites (tertiary alicyclic amines) is 1. The lowest BCUT2D eigenvalue weighted by molar-refractivity contribution is 0.0954. The van der Waals surface area contributed by atoms with Crippen LogP contribution in [0, 0.1) is 6.92 Å². The van der Waals surface area contributed by atoms with Gasteiger partial charge in [-0.05, 0) is 55.1 Å². The van der Waals surface area contributed by atoms with E-state index in [0.717, 1.165) is 17.7 Å². The van der Waals surface area contributed by atoms with Crippen LogP contribution in [0.25, 0.3) is 10.2 Å². The van der Waals surface area contributed by atoms with E-state index in [9.17, 15) is 9.59 Å². The van der Waals surface area contributed by atoms with Gasteiger partial charge in [0.2, 0.25) is 0 Å². The first-order chi connectivity index (χ1) is 17.1. The fraction of sp³-hybridized carbons (Fsp3) is 0.321. The summed E-state index contributed by atoms with van der Waals surface area (Å²) in [7, 11) is 0. The normalized spacial score (nSPS) is 14.3. The molecule has 5 rings (SSSR count). The van der Waals surface area contributed by atoms with Gasteiger partial charge in [-0.15, -0.1) is 11.3 Å². The number of amides is 1. The van der Waals surface area contributed by atoms with Gasteiger partial charge in [-0.3, -0.25) is 14.5 Å². The van der Waals surface area contributed by atoms with Crippen molar-refractivity contribution < 1.29 is 4.79 Å². The summed E-state index contributed by atoms with van der Waals surface area (Å²) in [4.78, 5) is 36.9. The SMILES string of the molecule is Cc1c(C(=O)NCc2ccc(CN3CCCCC3)cc2)sc2nc(Cc3ccccc3)[nH]c(=O)c12. The Morgan fingerprint density at radius 2 is 1.71 bits per heavy atom. The second kappa shape index (κ2) is 10.5. The summed E-state index contributed by atoms with van der Waals surface area (Å²) in [5, 5.41) is 3.51. The predicted molar refractivity (Wildman–Crippen MR) is 141 cm³/mol. The third-order valence-electron chi connectivity index (χ3n) is 6.60. The molecule has 2 N–H and O–H groups in total. The third-order valence-corrected chi connectivity index (χ3v) is 7.79. The number of hydrogen-bond acceptors (Lipinski definition) is 5. The number of nitrogens with zero attached hydrogens (tertiary/aromatic N) is 2. The van der Waals surface area contributed by atoms with Gasteiger partial charge in [-0.25, -0.2) is 4.98 Å². The first-order valence-corrected chi connectivity index (χ1v) is 13.0. The molecule has 0 bridgehead atoms. The van der Waals surface area contributed by atoms with Crippen molar-refractivity contribution in [2.24, 2.45) is 0 Å². The van der Waals surface area contributed by atoms with E-state index in [0.29, 0.717) is 39.4 Å². The molecule has 4 aromatic rings. The van der Waals surface area contributed by atoms with Crippen molar-refractivity contribution in [3.63, 3.8) is 0 Å². The van der Waals surface area contributed by atoms with Crippen LogP contribution >= 0.6 is 11.3 Å². The zero-order chi connectivity index (χ0) is 24.2. The molecule has 0 spiro atoms. The molecule has 1 saturated heterocycles. The van der Waals surface area contributed by atoms with Crippen molar-refractivity contribution in [3.8, 4) is 0 Å². The number of fused-ring (bicyclic) bond motifs is 1. The molecule has 1 amide bonds. The minimum Gasteiger partial charge on any atom is -0.347 e. The maximum absolute atomic E-state index is 13.0. The van der Waals surface area contributed by atoms with Crippen molar-refractivity contribution in [2.45, 2.75) is 45.7 Å². The lowest BCUT2D eigenvalue weighted by Crippen LogP contribution is -2.29. The summed E-state index contributed by atoms with van der Waals surface area (Å²) in [5.74, 6) is 0.429. The summed E-state index contributed by atoms with van der Waals surface area (Å²) in [5.41, 5.74) is 3.92. The number of aryl methyl sites for hydroxylation is 1. The maximum Gasteiger partial charge on any atom is 0.261 e. The molecule has 0 saturated carbocycles. The number of carbonyl (C=O) groups is 1. The molecular formula is C28H30N4O2S. The van der Waals surface area contributed by atoms with Gasteiger partial charge in [0.1, 0.15) is 10.7 Å². The monoisotopic (exact) mass is 486 g/mol. The minimum absolute atomic E-state index is 0.174. The number of benzene rings is 2. The molecular weight excluding hydrogens is 456 g/mol. The van der Waals surface area contributed by atoms with E-state index in [-0.39, 0.29) is 11.5 Å². The molecule has 0 atom stereocenters. The fourth-order valence-corrected chi connectivity index (χ4v) is 5.80. The molecule has 1 aliphatic heterocycles. The second-order valence-corrected chi connectivity index (χ2v) is 10.2. The highest BCUT2D eigenvalue weighted by molar-refractivity contribution is 7.20. The van der Waals surface area contributed by atoms with Gasteiger partial charge in [0, 0.05) is 19.5 Å². The Balaban J connectivity index is 1.26. The summed E-state index contributed by atoms with van der Waals surface area (Å²) in [6.45, 7) is 5.60. The van der Waals surface area contributed by atoms with Gasteiger partial charge in [0.25, 0.3) is 11.5 Å². The highest BCUT2D eigenvalue weighted by Crippen LogP contribution is 2.27. The van der Waals surface area contributed by atoms with Crippen molar-refractivity contribution in [1.29, 1.82) is 0 Å². The van der Waals surface area contributed by atoms with Crippen molar-refractivity contribution in [1.82, 2.24) is 20.2 Å². The summed E-state index contributed by atoms with van der Waals surface area (Å²) >= 11 is 1.28. The van der Waals surface area contributed by atoms with Crippen LogP contribution in [-0.2, 0) is 19.5 Å². The molecule has 180 valence electrons. The van der Waals surface area contributed by atoms with E-state index in [1.54, 1.807) is 0 Å². The molecule has 7 heteroatoms. The molecule has 0 radical (unpaired) electrons. The Morgan fingerprint density at radius 1 is 1.00 bits per heavy atom. The number of hydrogen-bond donors (Lipinski definition) is 2. The zero-order valence-electron chi connectivity index (χ0n) is 20.0. The number of aromatic amines is 1. The van der Waals surface area contributed by atoms with E-state index < -0.39 is 0 Å². The number of aromatic nitrogens is 2. The number of piperidine rings is 1. The topological polar surface area (TPSA) is 78.1 Å². The predicted octanol–water partition coefficient (Wildman–Crippen LogP) is 4.80. The largest absolute Gasteiger partial charge is 0.347 e. The molecule has 1 fully saturated rings. The van der Waals surface area contributed by atoms with Crippen molar-refractivity contribution >= 4 is 27.5 Å². The lowest BCUT2D eigenvalue weighted by atomic mass is 10.1. The summed E-state index contributed by atoms with van der Waals surface area (Å²) in [6.07, 6.45) is 4.46. The standard InChI is InChI=1S/C28H30N4O2S/c1-19-24-26(33)30-23(16-20-8-4-2-5-9-20)31-28(24)35-25(19)27(34)29-17-21-10-12-22(13-11-21)18-32-14-6-3-7-15-32/h2,4-5,8-13H,3,6-7,14-18H2,1H3,(H,29,34)(H,30,31,33).